The van der Waals surface area contributed by atoms with Gasteiger partial charge in [-0.15, -0.1) is 0 Å². The van der Waals surface area contributed by atoms with Crippen LogP contribution in [0.25, 0.3) is 0 Å². The van der Waals surface area contributed by atoms with Crippen LogP contribution in [0.5, 0.6) is 0 Å². The Hall–Kier alpha value is -1.39. The van der Waals surface area contributed by atoms with Gasteiger partial charge in [-0.25, -0.2) is 0 Å². The number of carbonyl (C=O) groups is 1. The van der Waals surface area contributed by atoms with Gasteiger partial charge in [0.25, 0.3) is 0 Å². The van der Waals surface area contributed by atoms with Crippen molar-refractivity contribution < 1.29 is 9.90 Å². The maximum absolute atomic E-state index is 12.6. The molecule has 2 fully saturated rings. The van der Waals surface area contributed by atoms with Crippen LogP contribution in [0.1, 0.15) is 44.1 Å². The number of amides is 1. The van der Waals surface area contributed by atoms with E-state index < -0.39 is 0 Å². The van der Waals surface area contributed by atoms with Gasteiger partial charge >= 0.3 is 0 Å². The molecule has 0 spiro atoms. The normalized spacial score (nSPS) is 27.6. The van der Waals surface area contributed by atoms with Gasteiger partial charge in [-0.2, -0.15) is 0 Å². The summed E-state index contributed by atoms with van der Waals surface area (Å²) in [5.74, 6) is 0.107. The highest BCUT2D eigenvalue weighted by atomic mass is 16.3. The van der Waals surface area contributed by atoms with E-state index in [2.05, 4.69) is 41.5 Å². The molecule has 24 heavy (non-hydrogen) atoms. The molecular formula is C20H30N2O2. The number of rotatable bonds is 4. The van der Waals surface area contributed by atoms with E-state index >= 15 is 0 Å². The van der Waals surface area contributed by atoms with E-state index in [1.54, 1.807) is 0 Å². The van der Waals surface area contributed by atoms with E-state index in [0.717, 1.165) is 45.2 Å². The van der Waals surface area contributed by atoms with Gasteiger partial charge in [0.15, 0.2) is 0 Å². The predicted octanol–water partition coefficient (Wildman–Crippen LogP) is 2.32. The molecule has 0 aromatic heterocycles. The maximum Gasteiger partial charge on any atom is 0.223 e. The Labute approximate surface area is 145 Å². The van der Waals surface area contributed by atoms with Gasteiger partial charge in [-0.3, -0.25) is 4.79 Å². The molecule has 1 saturated carbocycles. The number of aliphatic hydroxyl groups is 1. The third-order valence-electron chi connectivity index (χ3n) is 5.95. The van der Waals surface area contributed by atoms with E-state index in [-0.39, 0.29) is 23.3 Å². The molecule has 0 bridgehead atoms. The molecule has 1 amide bonds. The van der Waals surface area contributed by atoms with Crippen LogP contribution in [0.4, 0.5) is 0 Å². The van der Waals surface area contributed by atoms with Crippen LogP contribution in [-0.4, -0.2) is 48.7 Å². The predicted molar refractivity (Wildman–Crippen MR) is 95.8 cm³/mol. The summed E-state index contributed by atoms with van der Waals surface area (Å²) in [6, 6.07) is 10.6. The lowest BCUT2D eigenvalue weighted by molar-refractivity contribution is -0.127. The second kappa shape index (κ2) is 7.66. The first kappa shape index (κ1) is 17.4. The number of benzene rings is 1. The second-order valence-corrected chi connectivity index (χ2v) is 7.68. The fraction of sp³-hybridized carbons (Fsp3) is 0.650. The SMILES string of the molecule is CN1CCC(CNC(=O)[C@@H]2CCC[C@H](O)C2)(c2ccccc2)CC1. The summed E-state index contributed by atoms with van der Waals surface area (Å²) in [7, 11) is 2.16. The average Bonchev–Trinajstić information content (AvgIpc) is 2.62. The number of aliphatic hydroxyl groups excluding tert-OH is 1. The zero-order valence-corrected chi connectivity index (χ0v) is 14.7. The quantitative estimate of drug-likeness (QED) is 0.891. The Balaban J connectivity index is 1.67. The molecule has 2 N–H and O–H groups in total. The molecule has 2 aliphatic rings. The first-order chi connectivity index (χ1) is 11.6. The maximum atomic E-state index is 12.6. The van der Waals surface area contributed by atoms with Crippen molar-refractivity contribution in [2.75, 3.05) is 26.7 Å². The van der Waals surface area contributed by atoms with Gasteiger partial charge in [-0.05, 0) is 57.8 Å². The lowest BCUT2D eigenvalue weighted by Gasteiger charge is -2.41. The van der Waals surface area contributed by atoms with Crippen LogP contribution in [0.2, 0.25) is 0 Å². The summed E-state index contributed by atoms with van der Waals surface area (Å²) in [4.78, 5) is 15.0. The number of piperidine rings is 1. The molecule has 3 rings (SSSR count). The molecule has 1 saturated heterocycles. The molecule has 0 unspecified atom stereocenters. The summed E-state index contributed by atoms with van der Waals surface area (Å²) in [5, 5.41) is 13.0. The molecule has 2 atom stereocenters. The third kappa shape index (κ3) is 3.98. The lowest BCUT2D eigenvalue weighted by Crippen LogP contribution is -2.49. The highest BCUT2D eigenvalue weighted by Crippen LogP contribution is 2.35. The molecule has 1 heterocycles. The molecule has 132 valence electrons. The molecule has 1 aliphatic heterocycles. The summed E-state index contributed by atoms with van der Waals surface area (Å²) < 4.78 is 0. The first-order valence-electron chi connectivity index (χ1n) is 9.29. The van der Waals surface area contributed by atoms with Crippen LogP contribution in [-0.2, 0) is 10.2 Å². The van der Waals surface area contributed by atoms with Crippen molar-refractivity contribution >= 4 is 5.91 Å². The van der Waals surface area contributed by atoms with E-state index in [0.29, 0.717) is 13.0 Å². The highest BCUT2D eigenvalue weighted by molar-refractivity contribution is 5.78. The van der Waals surface area contributed by atoms with Crippen LogP contribution in [0.15, 0.2) is 30.3 Å². The summed E-state index contributed by atoms with van der Waals surface area (Å²) in [5.41, 5.74) is 1.37. The van der Waals surface area contributed by atoms with Gasteiger partial charge < -0.3 is 15.3 Å². The Morgan fingerprint density at radius 3 is 2.62 bits per heavy atom. The lowest BCUT2D eigenvalue weighted by atomic mass is 9.72. The molecule has 0 radical (unpaired) electrons. The van der Waals surface area contributed by atoms with Crippen LogP contribution >= 0.6 is 0 Å². The minimum absolute atomic E-state index is 0.0205. The van der Waals surface area contributed by atoms with Crippen molar-refractivity contribution in [3.63, 3.8) is 0 Å². The number of hydrogen-bond donors (Lipinski definition) is 2. The van der Waals surface area contributed by atoms with E-state index in [1.165, 1.54) is 5.56 Å². The van der Waals surface area contributed by atoms with Crippen LogP contribution < -0.4 is 5.32 Å². The number of hydrogen-bond acceptors (Lipinski definition) is 3. The van der Waals surface area contributed by atoms with Gasteiger partial charge in [0.05, 0.1) is 6.10 Å². The summed E-state index contributed by atoms with van der Waals surface area (Å²) >= 11 is 0. The largest absolute Gasteiger partial charge is 0.393 e. The highest BCUT2D eigenvalue weighted by Gasteiger charge is 2.36. The van der Waals surface area contributed by atoms with Crippen molar-refractivity contribution in [2.45, 2.75) is 50.0 Å². The molecule has 1 aromatic carbocycles. The standard InChI is InChI=1S/C20H30N2O2/c1-22-12-10-20(11-13-22,17-7-3-2-4-8-17)15-21-19(24)16-6-5-9-18(23)14-16/h2-4,7-8,16,18,23H,5-6,9-15H2,1H3,(H,21,24)/t16-,18+/m1/s1. The van der Waals surface area contributed by atoms with Crippen LogP contribution in [0, 0.1) is 5.92 Å². The van der Waals surface area contributed by atoms with E-state index in [9.17, 15) is 9.90 Å². The van der Waals surface area contributed by atoms with Crippen molar-refractivity contribution in [2.24, 2.45) is 5.92 Å². The number of likely N-dealkylation sites (tertiary alicyclic amines) is 1. The Morgan fingerprint density at radius 2 is 1.96 bits per heavy atom. The Bertz CT molecular complexity index is 538. The smallest absolute Gasteiger partial charge is 0.223 e. The number of carbonyl (C=O) groups excluding carboxylic acids is 1. The molecule has 1 aliphatic carbocycles. The molecule has 1 aromatic rings. The van der Waals surface area contributed by atoms with Crippen molar-refractivity contribution in [3.05, 3.63) is 35.9 Å². The van der Waals surface area contributed by atoms with Gasteiger partial charge in [0.2, 0.25) is 5.91 Å². The van der Waals surface area contributed by atoms with Crippen molar-refractivity contribution in [1.29, 1.82) is 0 Å². The van der Waals surface area contributed by atoms with Crippen molar-refractivity contribution in [3.8, 4) is 0 Å². The fourth-order valence-corrected chi connectivity index (χ4v) is 4.21. The summed E-state index contributed by atoms with van der Waals surface area (Å²) in [6.07, 6.45) is 5.15. The molecule has 4 nitrogen and oxygen atoms in total. The zero-order valence-electron chi connectivity index (χ0n) is 14.7. The van der Waals surface area contributed by atoms with Crippen LogP contribution in [0.3, 0.4) is 0 Å². The third-order valence-corrected chi connectivity index (χ3v) is 5.95. The minimum Gasteiger partial charge on any atom is -0.393 e. The molecular weight excluding hydrogens is 300 g/mol. The topological polar surface area (TPSA) is 52.6 Å². The fourth-order valence-electron chi connectivity index (χ4n) is 4.21. The second-order valence-electron chi connectivity index (χ2n) is 7.68. The average molecular weight is 330 g/mol. The van der Waals surface area contributed by atoms with Gasteiger partial charge in [0.1, 0.15) is 0 Å². The minimum atomic E-state index is -0.305. The van der Waals surface area contributed by atoms with E-state index in [4.69, 9.17) is 0 Å². The summed E-state index contributed by atoms with van der Waals surface area (Å²) in [6.45, 7) is 2.83. The van der Waals surface area contributed by atoms with Crippen molar-refractivity contribution in [1.82, 2.24) is 10.2 Å². The zero-order chi connectivity index (χ0) is 17.0. The number of nitrogens with zero attached hydrogens (tertiary/aromatic N) is 1. The monoisotopic (exact) mass is 330 g/mol. The molecule has 4 heteroatoms. The number of nitrogens with one attached hydrogen (secondary N) is 1. The Morgan fingerprint density at radius 1 is 1.25 bits per heavy atom. The first-order valence-corrected chi connectivity index (χ1v) is 9.29. The van der Waals surface area contributed by atoms with E-state index in [1.807, 2.05) is 6.07 Å². The van der Waals surface area contributed by atoms with Gasteiger partial charge in [0, 0.05) is 17.9 Å². The Kier molecular flexibility index (Phi) is 5.57. The van der Waals surface area contributed by atoms with Gasteiger partial charge in [-0.1, -0.05) is 36.8 Å².